The van der Waals surface area contributed by atoms with Gasteiger partial charge in [-0.3, -0.25) is 19.2 Å². The Morgan fingerprint density at radius 3 is 2.43 bits per heavy atom. The number of ether oxygens (including phenoxy) is 2. The number of rotatable bonds is 5. The van der Waals surface area contributed by atoms with Gasteiger partial charge in [0.25, 0.3) is 5.91 Å². The molecule has 11 heteroatoms. The molecule has 1 spiro atoms. The van der Waals surface area contributed by atoms with Crippen molar-refractivity contribution in [3.63, 3.8) is 0 Å². The molecule has 0 aromatic heterocycles. The number of aliphatic hydroxyl groups is 1. The van der Waals surface area contributed by atoms with E-state index in [1.54, 1.807) is 11.0 Å². The monoisotopic (exact) mass is 705 g/mol. The number of anilines is 1. The molecule has 10 nitrogen and oxygen atoms in total. The molecule has 248 valence electrons. The maximum atomic E-state index is 15.1. The number of hydrogen-bond acceptors (Lipinski definition) is 7. The zero-order valence-electron chi connectivity index (χ0n) is 26.7. The number of likely N-dealkylation sites (tertiary alicyclic amines) is 1. The summed E-state index contributed by atoms with van der Waals surface area (Å²) in [5, 5.41) is 13.4. The van der Waals surface area contributed by atoms with Gasteiger partial charge in [-0.2, -0.15) is 0 Å². The van der Waals surface area contributed by atoms with E-state index in [1.165, 1.54) is 4.90 Å². The van der Waals surface area contributed by atoms with E-state index >= 15 is 4.79 Å². The molecule has 0 unspecified atom stereocenters. The van der Waals surface area contributed by atoms with Gasteiger partial charge in [0.15, 0.2) is 0 Å². The lowest BCUT2D eigenvalue weighted by Gasteiger charge is -2.39. The summed E-state index contributed by atoms with van der Waals surface area (Å²) in [6.45, 7) is 5.57. The highest BCUT2D eigenvalue weighted by Crippen LogP contribution is 2.59. The summed E-state index contributed by atoms with van der Waals surface area (Å²) in [5.74, 6) is -3.81. The van der Waals surface area contributed by atoms with Gasteiger partial charge < -0.3 is 29.7 Å². The largest absolute Gasteiger partial charge is 0.455 e. The number of hydrogen-bond donors (Lipinski definition) is 2. The number of amides is 3. The molecule has 4 aliphatic rings. The first-order valence-electron chi connectivity index (χ1n) is 16.2. The molecule has 4 aliphatic heterocycles. The molecule has 0 radical (unpaired) electrons. The van der Waals surface area contributed by atoms with Crippen LogP contribution >= 0.6 is 15.9 Å². The van der Waals surface area contributed by atoms with Crippen LogP contribution in [0, 0.1) is 25.7 Å². The van der Waals surface area contributed by atoms with Crippen molar-refractivity contribution >= 4 is 45.3 Å². The third-order valence-electron chi connectivity index (χ3n) is 9.83. The van der Waals surface area contributed by atoms with E-state index < -0.39 is 53.6 Å². The van der Waals surface area contributed by atoms with Crippen LogP contribution in [0.15, 0.2) is 71.2 Å². The van der Waals surface area contributed by atoms with Gasteiger partial charge in [-0.25, -0.2) is 0 Å². The van der Waals surface area contributed by atoms with Gasteiger partial charge in [0, 0.05) is 23.1 Å². The van der Waals surface area contributed by atoms with Crippen molar-refractivity contribution in [2.45, 2.75) is 69.9 Å². The number of cyclic esters (lactones) is 1. The van der Waals surface area contributed by atoms with Gasteiger partial charge in [-0.1, -0.05) is 83.5 Å². The number of fused-ring (bicyclic) bond motifs is 2. The van der Waals surface area contributed by atoms with E-state index in [0.29, 0.717) is 28.6 Å². The fourth-order valence-corrected chi connectivity index (χ4v) is 8.34. The summed E-state index contributed by atoms with van der Waals surface area (Å²) in [4.78, 5) is 59.9. The summed E-state index contributed by atoms with van der Waals surface area (Å²) < 4.78 is 13.3. The lowest BCUT2D eigenvalue weighted by molar-refractivity contribution is -0.160. The summed E-state index contributed by atoms with van der Waals surface area (Å²) in [6, 6.07) is 13.1. The quantitative estimate of drug-likeness (QED) is 0.356. The number of carbonyl (C=O) groups is 4. The minimum Gasteiger partial charge on any atom is -0.455 e. The fourth-order valence-electron chi connectivity index (χ4n) is 7.60. The highest BCUT2D eigenvalue weighted by Gasteiger charge is 2.75. The van der Waals surface area contributed by atoms with Gasteiger partial charge >= 0.3 is 5.97 Å². The van der Waals surface area contributed by atoms with Crippen LogP contribution in [-0.4, -0.2) is 77.2 Å². The maximum Gasteiger partial charge on any atom is 0.313 e. The van der Waals surface area contributed by atoms with Gasteiger partial charge in [0.1, 0.15) is 29.8 Å². The number of esters is 1. The molecule has 7 atom stereocenters. The molecule has 2 fully saturated rings. The maximum absolute atomic E-state index is 15.1. The number of aryl methyl sites for hydroxylation is 2. The highest BCUT2D eigenvalue weighted by atomic mass is 79.9. The zero-order chi connectivity index (χ0) is 33.5. The first kappa shape index (κ1) is 33.1. The predicted molar refractivity (Wildman–Crippen MR) is 178 cm³/mol. The fraction of sp³-hybridized carbons (Fsp3) is 0.444. The molecule has 0 saturated carbocycles. The molecule has 2 N–H and O–H groups in total. The third kappa shape index (κ3) is 5.72. The molecule has 2 saturated heterocycles. The minimum absolute atomic E-state index is 0.0489. The first-order chi connectivity index (χ1) is 22.6. The second-order valence-corrected chi connectivity index (χ2v) is 13.6. The number of nitrogens with one attached hydrogen (secondary N) is 1. The van der Waals surface area contributed by atoms with Crippen LogP contribution in [0.1, 0.15) is 49.0 Å². The van der Waals surface area contributed by atoms with Crippen molar-refractivity contribution in [2.24, 2.45) is 11.8 Å². The minimum atomic E-state index is -1.48. The van der Waals surface area contributed by atoms with Crippen LogP contribution in [0.5, 0.6) is 0 Å². The Labute approximate surface area is 282 Å². The average Bonchev–Trinajstić information content (AvgIpc) is 3.65. The van der Waals surface area contributed by atoms with Crippen molar-refractivity contribution in [3.05, 3.63) is 87.9 Å². The summed E-state index contributed by atoms with van der Waals surface area (Å²) in [7, 11) is 0. The third-order valence-corrected chi connectivity index (χ3v) is 10.5. The second kappa shape index (κ2) is 13.4. The van der Waals surface area contributed by atoms with Crippen molar-refractivity contribution < 1.29 is 33.8 Å². The van der Waals surface area contributed by atoms with Gasteiger partial charge in [-0.05, 0) is 49.5 Å². The van der Waals surface area contributed by atoms with Crippen molar-refractivity contribution in [2.75, 3.05) is 24.6 Å². The van der Waals surface area contributed by atoms with E-state index in [1.807, 2.05) is 81.5 Å². The average molecular weight is 707 g/mol. The lowest BCUT2D eigenvalue weighted by atomic mass is 9.74. The molecule has 5 bridgehead atoms. The van der Waals surface area contributed by atoms with Crippen LogP contribution in [0.2, 0.25) is 0 Å². The molecular weight excluding hydrogens is 666 g/mol. The van der Waals surface area contributed by atoms with E-state index in [2.05, 4.69) is 21.2 Å². The highest BCUT2D eigenvalue weighted by molar-refractivity contribution is 9.11. The standard InChI is InChI=1S/C36H40BrN3O7/c1-4-24(20-41)40-32-34(44)39(30-21(2)12-11-13-22(30)3)17-10-6-9-16-27(42)38-19-26(23-14-7-5-8-15-23)46-35(45)28-29(33(40)43)36(32)18-25(37)31(28)47-36/h5-8,10-15,18,24,26,28-29,31-32,41H,4,9,16-17,19-20H2,1-3H3,(H,38,42)/b10-6-/t24-,26+,28+,29-,31+,32+,36-/m0/s1. The van der Waals surface area contributed by atoms with E-state index in [9.17, 15) is 19.5 Å². The van der Waals surface area contributed by atoms with E-state index in [4.69, 9.17) is 9.47 Å². The Hall–Kier alpha value is -3.80. The van der Waals surface area contributed by atoms with Crippen molar-refractivity contribution in [3.8, 4) is 0 Å². The summed E-state index contributed by atoms with van der Waals surface area (Å²) >= 11 is 3.60. The van der Waals surface area contributed by atoms with Crippen LogP contribution in [0.4, 0.5) is 5.69 Å². The number of carbonyl (C=O) groups excluding carboxylic acids is 4. The molecule has 2 aromatic carbocycles. The predicted octanol–water partition coefficient (Wildman–Crippen LogP) is 4.03. The Balaban J connectivity index is 1.50. The zero-order valence-corrected chi connectivity index (χ0v) is 28.3. The molecule has 6 rings (SSSR count). The molecular formula is C36H40BrN3O7. The second-order valence-electron chi connectivity index (χ2n) is 12.7. The number of nitrogens with zero attached hydrogens (tertiary/aromatic N) is 2. The van der Waals surface area contributed by atoms with Crippen LogP contribution in [0.25, 0.3) is 0 Å². The Kier molecular flexibility index (Phi) is 9.42. The van der Waals surface area contributed by atoms with Crippen LogP contribution < -0.4 is 10.2 Å². The first-order valence-corrected chi connectivity index (χ1v) is 17.0. The number of allylic oxidation sites excluding steroid dienone is 1. The Morgan fingerprint density at radius 2 is 1.74 bits per heavy atom. The number of halogens is 1. The topological polar surface area (TPSA) is 125 Å². The molecule has 47 heavy (non-hydrogen) atoms. The van der Waals surface area contributed by atoms with Gasteiger partial charge in [0.2, 0.25) is 11.8 Å². The number of para-hydroxylation sites is 1. The number of aliphatic hydroxyl groups excluding tert-OH is 1. The summed E-state index contributed by atoms with van der Waals surface area (Å²) in [5.41, 5.74) is 1.66. The van der Waals surface area contributed by atoms with Crippen LogP contribution in [0.3, 0.4) is 0 Å². The van der Waals surface area contributed by atoms with E-state index in [-0.39, 0.29) is 37.9 Å². The molecule has 0 aliphatic carbocycles. The Bertz CT molecular complexity index is 1600. The molecule has 4 heterocycles. The van der Waals surface area contributed by atoms with E-state index in [0.717, 1.165) is 11.1 Å². The normalized spacial score (nSPS) is 30.9. The molecule has 3 amide bonds. The Morgan fingerprint density at radius 1 is 1.02 bits per heavy atom. The number of benzene rings is 2. The van der Waals surface area contributed by atoms with Gasteiger partial charge in [0.05, 0.1) is 25.1 Å². The van der Waals surface area contributed by atoms with Crippen molar-refractivity contribution in [1.29, 1.82) is 0 Å². The summed E-state index contributed by atoms with van der Waals surface area (Å²) in [6.07, 6.45) is 4.85. The van der Waals surface area contributed by atoms with Crippen LogP contribution in [-0.2, 0) is 28.7 Å². The van der Waals surface area contributed by atoms with Crippen molar-refractivity contribution in [1.82, 2.24) is 10.2 Å². The van der Waals surface area contributed by atoms with Gasteiger partial charge in [-0.15, -0.1) is 0 Å². The SMILES string of the molecule is CC[C@@H](CO)N1C(=O)[C@@H]2[C@H]3C(=O)O[C@@H](c4ccccc4)CNC(=O)CC/C=C\CN(c4c(C)cccc4C)C(=O)[C@@H]1[C@]21C=C(Br)[C@H]3O1. The smallest absolute Gasteiger partial charge is 0.313 e. The molecule has 2 aromatic rings. The lowest BCUT2D eigenvalue weighted by Crippen LogP contribution is -2.58.